The second kappa shape index (κ2) is 2.59. The molecule has 2 fully saturated rings. The second-order valence-corrected chi connectivity index (χ2v) is 3.91. The van der Waals surface area contributed by atoms with Crippen LogP contribution in [0, 0.1) is 17.8 Å². The molecule has 3 atom stereocenters. The minimum Gasteiger partial charge on any atom is -0.389 e. The topological polar surface area (TPSA) is 37.3 Å². The van der Waals surface area contributed by atoms with E-state index in [2.05, 4.69) is 0 Å². The lowest BCUT2D eigenvalue weighted by Gasteiger charge is -2.18. The lowest BCUT2D eigenvalue weighted by atomic mass is 9.86. The molecule has 2 saturated carbocycles. The van der Waals surface area contributed by atoms with Gasteiger partial charge in [-0.1, -0.05) is 6.42 Å². The minimum atomic E-state index is -0.242. The molecule has 2 heteroatoms. The Morgan fingerprint density at radius 1 is 1.36 bits per heavy atom. The molecule has 0 aromatic rings. The minimum absolute atomic E-state index is 0.0807. The van der Waals surface area contributed by atoms with Gasteiger partial charge in [0, 0.05) is 5.92 Å². The number of aliphatic hydroxyl groups is 1. The molecule has 0 aliphatic heterocycles. The molecule has 2 aliphatic carbocycles. The molecule has 0 aromatic carbocycles. The van der Waals surface area contributed by atoms with E-state index in [4.69, 9.17) is 5.11 Å². The second-order valence-electron chi connectivity index (χ2n) is 3.91. The highest BCUT2D eigenvalue weighted by Crippen LogP contribution is 2.48. The van der Waals surface area contributed by atoms with Crippen LogP contribution in [0.3, 0.4) is 0 Å². The van der Waals surface area contributed by atoms with Gasteiger partial charge in [-0.15, -0.1) is 0 Å². The Bertz CT molecular complexity index is 176. The summed E-state index contributed by atoms with van der Waals surface area (Å²) < 4.78 is 0. The molecular formula is C9H14O2. The number of Topliss-reactive ketones (excluding diaryl/α,β-unsaturated/α-hetero) is 1. The van der Waals surface area contributed by atoms with E-state index in [1.54, 1.807) is 0 Å². The monoisotopic (exact) mass is 154 g/mol. The molecule has 11 heavy (non-hydrogen) atoms. The van der Waals surface area contributed by atoms with Crippen LogP contribution in [0.2, 0.25) is 0 Å². The molecule has 0 saturated heterocycles. The molecule has 1 N–H and O–H groups in total. The predicted octanol–water partition coefficient (Wildman–Crippen LogP) is 0.984. The molecule has 2 nitrogen and oxygen atoms in total. The smallest absolute Gasteiger partial charge is 0.161 e. The zero-order valence-corrected chi connectivity index (χ0v) is 6.62. The van der Waals surface area contributed by atoms with E-state index in [9.17, 15) is 4.79 Å². The van der Waals surface area contributed by atoms with Crippen LogP contribution in [-0.4, -0.2) is 17.5 Å². The Morgan fingerprint density at radius 2 is 2.18 bits per heavy atom. The third-order valence-electron chi connectivity index (χ3n) is 3.31. The summed E-state index contributed by atoms with van der Waals surface area (Å²) in [5.41, 5.74) is 0. The van der Waals surface area contributed by atoms with E-state index in [-0.39, 0.29) is 18.3 Å². The lowest BCUT2D eigenvalue weighted by Crippen LogP contribution is -2.23. The van der Waals surface area contributed by atoms with E-state index in [1.807, 2.05) is 0 Å². The van der Waals surface area contributed by atoms with E-state index < -0.39 is 0 Å². The zero-order chi connectivity index (χ0) is 7.84. The Hall–Kier alpha value is -0.370. The SMILES string of the molecule is O=C(CO)[C@H]1C[C@H]2CC[C@@H]1C2. The van der Waals surface area contributed by atoms with Crippen LogP contribution in [0.15, 0.2) is 0 Å². The van der Waals surface area contributed by atoms with E-state index in [1.165, 1.54) is 19.3 Å². The van der Waals surface area contributed by atoms with Crippen molar-refractivity contribution in [3.8, 4) is 0 Å². The normalized spacial score (nSPS) is 41.4. The summed E-state index contributed by atoms with van der Waals surface area (Å²) in [6, 6.07) is 0. The number of hydrogen-bond donors (Lipinski definition) is 1. The zero-order valence-electron chi connectivity index (χ0n) is 6.62. The van der Waals surface area contributed by atoms with Gasteiger partial charge in [-0.05, 0) is 31.1 Å². The van der Waals surface area contributed by atoms with Gasteiger partial charge in [-0.3, -0.25) is 4.79 Å². The number of hydrogen-bond acceptors (Lipinski definition) is 2. The fourth-order valence-corrected chi connectivity index (χ4v) is 2.76. The number of aliphatic hydroxyl groups excluding tert-OH is 1. The molecule has 2 rings (SSSR count). The summed E-state index contributed by atoms with van der Waals surface area (Å²) in [7, 11) is 0. The first-order valence-corrected chi connectivity index (χ1v) is 4.45. The maximum absolute atomic E-state index is 11.2. The molecule has 0 aromatic heterocycles. The van der Waals surface area contributed by atoms with Crippen LogP contribution in [0.25, 0.3) is 0 Å². The highest BCUT2D eigenvalue weighted by molar-refractivity contribution is 5.82. The van der Waals surface area contributed by atoms with Gasteiger partial charge in [0.2, 0.25) is 0 Å². The van der Waals surface area contributed by atoms with Crippen LogP contribution in [-0.2, 0) is 4.79 Å². The first-order valence-electron chi connectivity index (χ1n) is 4.45. The van der Waals surface area contributed by atoms with Gasteiger partial charge in [0.05, 0.1) is 0 Å². The number of rotatable bonds is 2. The number of carbonyl (C=O) groups excluding carboxylic acids is 1. The van der Waals surface area contributed by atoms with Gasteiger partial charge >= 0.3 is 0 Å². The molecular weight excluding hydrogens is 140 g/mol. The van der Waals surface area contributed by atoms with Gasteiger partial charge in [-0.2, -0.15) is 0 Å². The van der Waals surface area contributed by atoms with Gasteiger partial charge in [-0.25, -0.2) is 0 Å². The van der Waals surface area contributed by atoms with Gasteiger partial charge in [0.25, 0.3) is 0 Å². The summed E-state index contributed by atoms with van der Waals surface area (Å²) in [4.78, 5) is 11.2. The van der Waals surface area contributed by atoms with Gasteiger partial charge in [0.15, 0.2) is 5.78 Å². The van der Waals surface area contributed by atoms with Crippen LogP contribution >= 0.6 is 0 Å². The van der Waals surface area contributed by atoms with E-state index in [0.717, 1.165) is 12.3 Å². The maximum atomic E-state index is 11.2. The van der Waals surface area contributed by atoms with Gasteiger partial charge < -0.3 is 5.11 Å². The summed E-state index contributed by atoms with van der Waals surface area (Å²) in [5.74, 6) is 1.73. The Kier molecular flexibility index (Phi) is 1.72. The molecule has 0 amide bonds. The molecule has 2 bridgehead atoms. The van der Waals surface area contributed by atoms with Crippen molar-refractivity contribution in [3.05, 3.63) is 0 Å². The molecule has 0 heterocycles. The van der Waals surface area contributed by atoms with Crippen LogP contribution < -0.4 is 0 Å². The Balaban J connectivity index is 2.02. The third-order valence-corrected chi connectivity index (χ3v) is 3.31. The van der Waals surface area contributed by atoms with Gasteiger partial charge in [0.1, 0.15) is 6.61 Å². The van der Waals surface area contributed by atoms with Crippen molar-refractivity contribution in [2.75, 3.05) is 6.61 Å². The van der Waals surface area contributed by atoms with Crippen LogP contribution in [0.1, 0.15) is 25.7 Å². The van der Waals surface area contributed by atoms with Crippen molar-refractivity contribution in [1.82, 2.24) is 0 Å². The van der Waals surface area contributed by atoms with E-state index >= 15 is 0 Å². The fourth-order valence-electron chi connectivity index (χ4n) is 2.76. The number of carbonyl (C=O) groups is 1. The molecule has 0 spiro atoms. The molecule has 0 unspecified atom stereocenters. The maximum Gasteiger partial charge on any atom is 0.161 e. The first-order chi connectivity index (χ1) is 5.31. The average molecular weight is 154 g/mol. The average Bonchev–Trinajstić information content (AvgIpc) is 2.62. The van der Waals surface area contributed by atoms with Crippen LogP contribution in [0.5, 0.6) is 0 Å². The predicted molar refractivity (Wildman–Crippen MR) is 41.0 cm³/mol. The summed E-state index contributed by atoms with van der Waals surface area (Å²) in [6.45, 7) is -0.242. The third kappa shape index (κ3) is 1.09. The highest BCUT2D eigenvalue weighted by atomic mass is 16.3. The summed E-state index contributed by atoms with van der Waals surface area (Å²) >= 11 is 0. The lowest BCUT2D eigenvalue weighted by molar-refractivity contribution is -0.127. The van der Waals surface area contributed by atoms with Crippen molar-refractivity contribution >= 4 is 5.78 Å². The van der Waals surface area contributed by atoms with Crippen molar-refractivity contribution in [2.45, 2.75) is 25.7 Å². The fraction of sp³-hybridized carbons (Fsp3) is 0.889. The Morgan fingerprint density at radius 3 is 2.64 bits per heavy atom. The van der Waals surface area contributed by atoms with Crippen molar-refractivity contribution in [2.24, 2.45) is 17.8 Å². The van der Waals surface area contributed by atoms with Crippen molar-refractivity contribution in [1.29, 1.82) is 0 Å². The van der Waals surface area contributed by atoms with Crippen molar-refractivity contribution < 1.29 is 9.90 Å². The quantitative estimate of drug-likeness (QED) is 0.644. The standard InChI is InChI=1S/C9H14O2/c10-5-9(11)8-4-6-1-2-7(8)3-6/h6-8,10H,1-5H2/t6-,7+,8-/m0/s1. The van der Waals surface area contributed by atoms with E-state index in [0.29, 0.717) is 5.92 Å². The molecule has 2 aliphatic rings. The summed E-state index contributed by atoms with van der Waals surface area (Å²) in [6.07, 6.45) is 4.85. The van der Waals surface area contributed by atoms with Crippen molar-refractivity contribution in [3.63, 3.8) is 0 Å². The molecule has 62 valence electrons. The summed E-state index contributed by atoms with van der Waals surface area (Å²) in [5, 5.41) is 8.67. The highest BCUT2D eigenvalue weighted by Gasteiger charge is 2.42. The van der Waals surface area contributed by atoms with Crippen LogP contribution in [0.4, 0.5) is 0 Å². The molecule has 0 radical (unpaired) electrons. The number of fused-ring (bicyclic) bond motifs is 2. The Labute approximate surface area is 66.6 Å². The largest absolute Gasteiger partial charge is 0.389 e. The number of ketones is 1. The first kappa shape index (κ1) is 7.29.